The van der Waals surface area contributed by atoms with Gasteiger partial charge in [-0.05, 0) is 6.07 Å². The lowest BCUT2D eigenvalue weighted by Gasteiger charge is -2.23. The van der Waals surface area contributed by atoms with Crippen molar-refractivity contribution in [1.29, 1.82) is 0 Å². The topological polar surface area (TPSA) is 61.7 Å². The number of methoxy groups -OCH3 is 1. The van der Waals surface area contributed by atoms with Crippen LogP contribution >= 0.6 is 0 Å². The number of hydrogen-bond acceptors (Lipinski definition) is 6. The van der Waals surface area contributed by atoms with Gasteiger partial charge in [0.2, 0.25) is 5.95 Å². The molecule has 1 aromatic rings. The quantitative estimate of drug-likeness (QED) is 0.723. The third kappa shape index (κ3) is 4.16. The fourth-order valence-corrected chi connectivity index (χ4v) is 1.39. The summed E-state index contributed by atoms with van der Waals surface area (Å²) in [5.41, 5.74) is 0. The van der Waals surface area contributed by atoms with Crippen molar-refractivity contribution in [2.24, 2.45) is 0 Å². The third-order valence-electron chi connectivity index (χ3n) is 2.29. The molecule has 0 aromatic carbocycles. The van der Waals surface area contributed by atoms with Crippen LogP contribution in [0.5, 0.6) is 0 Å². The Kier molecular flexibility index (Phi) is 5.65. The van der Waals surface area contributed by atoms with E-state index in [1.165, 1.54) is 0 Å². The van der Waals surface area contributed by atoms with Crippen molar-refractivity contribution in [1.82, 2.24) is 9.97 Å². The molecule has 0 spiro atoms. The Hall–Kier alpha value is -1.40. The van der Waals surface area contributed by atoms with Crippen molar-refractivity contribution in [3.8, 4) is 0 Å². The minimum absolute atomic E-state index is 0.0883. The predicted molar refractivity (Wildman–Crippen MR) is 67.5 cm³/mol. The molecule has 0 aliphatic heterocycles. The molecule has 6 nitrogen and oxygen atoms in total. The summed E-state index contributed by atoms with van der Waals surface area (Å²) in [4.78, 5) is 12.4. The molecule has 0 aliphatic carbocycles. The van der Waals surface area contributed by atoms with Gasteiger partial charge in [0.25, 0.3) is 0 Å². The van der Waals surface area contributed by atoms with Gasteiger partial charge in [0, 0.05) is 40.5 Å². The summed E-state index contributed by atoms with van der Waals surface area (Å²) in [5.74, 6) is 1.46. The van der Waals surface area contributed by atoms with Crippen molar-refractivity contribution in [2.45, 2.75) is 0 Å². The van der Waals surface area contributed by atoms with E-state index >= 15 is 0 Å². The van der Waals surface area contributed by atoms with Crippen LogP contribution in [0.2, 0.25) is 0 Å². The van der Waals surface area contributed by atoms with Gasteiger partial charge in [-0.1, -0.05) is 0 Å². The van der Waals surface area contributed by atoms with Crippen LogP contribution in [0.15, 0.2) is 12.3 Å². The molecule has 0 bridgehead atoms. The largest absolute Gasteiger partial charge is 0.395 e. The highest BCUT2D eigenvalue weighted by Gasteiger charge is 2.09. The number of aromatic nitrogens is 2. The molecule has 0 saturated heterocycles. The van der Waals surface area contributed by atoms with Gasteiger partial charge in [-0.2, -0.15) is 4.98 Å². The first-order chi connectivity index (χ1) is 8.19. The number of hydrogen-bond donors (Lipinski definition) is 1. The van der Waals surface area contributed by atoms with E-state index in [1.54, 1.807) is 13.3 Å². The summed E-state index contributed by atoms with van der Waals surface area (Å²) in [6.45, 7) is 1.92. The number of aliphatic hydroxyl groups excluding tert-OH is 1. The highest BCUT2D eigenvalue weighted by Crippen LogP contribution is 2.12. The highest BCUT2D eigenvalue weighted by atomic mass is 16.5. The van der Waals surface area contributed by atoms with Crippen LogP contribution in [0.4, 0.5) is 11.8 Å². The number of anilines is 2. The van der Waals surface area contributed by atoms with E-state index in [1.807, 2.05) is 30.0 Å². The number of nitrogens with zero attached hydrogens (tertiary/aromatic N) is 4. The zero-order valence-corrected chi connectivity index (χ0v) is 10.6. The Morgan fingerprint density at radius 1 is 1.35 bits per heavy atom. The molecule has 17 heavy (non-hydrogen) atoms. The first-order valence-corrected chi connectivity index (χ1v) is 5.54. The fraction of sp³-hybridized carbons (Fsp3) is 0.636. The van der Waals surface area contributed by atoms with E-state index in [9.17, 15) is 0 Å². The van der Waals surface area contributed by atoms with Crippen molar-refractivity contribution < 1.29 is 9.84 Å². The molecular weight excluding hydrogens is 220 g/mol. The molecule has 1 rings (SSSR count). The minimum Gasteiger partial charge on any atom is -0.395 e. The Labute approximate surface area is 102 Å². The maximum atomic E-state index is 9.04. The van der Waals surface area contributed by atoms with Gasteiger partial charge < -0.3 is 19.6 Å². The summed E-state index contributed by atoms with van der Waals surface area (Å²) in [7, 11) is 5.44. The first kappa shape index (κ1) is 13.7. The molecule has 6 heteroatoms. The number of ether oxygens (including phenoxy) is 1. The Morgan fingerprint density at radius 3 is 2.71 bits per heavy atom. The first-order valence-electron chi connectivity index (χ1n) is 5.54. The standard InChI is InChI=1S/C11H20N4O2/c1-14(2)11-12-5-4-10(13-11)15(6-8-16)7-9-17-3/h4-5,16H,6-9H2,1-3H3. The Bertz CT molecular complexity index is 333. The Morgan fingerprint density at radius 2 is 2.12 bits per heavy atom. The van der Waals surface area contributed by atoms with Gasteiger partial charge in [-0.15, -0.1) is 0 Å². The summed E-state index contributed by atoms with van der Waals surface area (Å²) in [6, 6.07) is 1.83. The third-order valence-corrected chi connectivity index (χ3v) is 2.29. The molecule has 0 radical (unpaired) electrons. The van der Waals surface area contributed by atoms with Crippen LogP contribution < -0.4 is 9.80 Å². The normalized spacial score (nSPS) is 10.4. The van der Waals surface area contributed by atoms with E-state index in [-0.39, 0.29) is 6.61 Å². The van der Waals surface area contributed by atoms with Gasteiger partial charge in [-0.3, -0.25) is 0 Å². The highest BCUT2D eigenvalue weighted by molar-refractivity contribution is 5.43. The maximum Gasteiger partial charge on any atom is 0.226 e. The SMILES string of the molecule is COCCN(CCO)c1ccnc(N(C)C)n1. The molecule has 0 aliphatic rings. The predicted octanol–water partition coefficient (Wildman–Crippen LogP) is -0.0123. The van der Waals surface area contributed by atoms with Crippen LogP contribution in [0.3, 0.4) is 0 Å². The average molecular weight is 240 g/mol. The average Bonchev–Trinajstić information content (AvgIpc) is 2.34. The van der Waals surface area contributed by atoms with Crippen molar-refractivity contribution in [3.63, 3.8) is 0 Å². The lowest BCUT2D eigenvalue weighted by molar-refractivity contribution is 0.202. The van der Waals surface area contributed by atoms with Crippen LogP contribution in [0, 0.1) is 0 Å². The lowest BCUT2D eigenvalue weighted by atomic mass is 10.4. The maximum absolute atomic E-state index is 9.04. The fourth-order valence-electron chi connectivity index (χ4n) is 1.39. The van der Waals surface area contributed by atoms with Crippen LogP contribution in [-0.2, 0) is 4.74 Å². The number of rotatable bonds is 7. The van der Waals surface area contributed by atoms with E-state index < -0.39 is 0 Å². The molecule has 0 amide bonds. The molecule has 1 aromatic heterocycles. The Balaban J connectivity index is 2.81. The smallest absolute Gasteiger partial charge is 0.226 e. The summed E-state index contributed by atoms with van der Waals surface area (Å²) < 4.78 is 5.04. The van der Waals surface area contributed by atoms with Crippen LogP contribution in [-0.4, -0.2) is 62.6 Å². The molecule has 0 atom stereocenters. The minimum atomic E-state index is 0.0883. The molecule has 1 N–H and O–H groups in total. The van der Waals surface area contributed by atoms with E-state index in [0.717, 1.165) is 5.82 Å². The molecule has 96 valence electrons. The summed E-state index contributed by atoms with van der Waals surface area (Å²) in [6.07, 6.45) is 1.72. The second kappa shape index (κ2) is 7.03. The van der Waals surface area contributed by atoms with Crippen LogP contribution in [0.1, 0.15) is 0 Å². The van der Waals surface area contributed by atoms with Gasteiger partial charge in [-0.25, -0.2) is 4.98 Å². The lowest BCUT2D eigenvalue weighted by Crippen LogP contribution is -2.31. The van der Waals surface area contributed by atoms with E-state index in [4.69, 9.17) is 9.84 Å². The van der Waals surface area contributed by atoms with E-state index in [0.29, 0.717) is 25.6 Å². The molecule has 0 unspecified atom stereocenters. The molecule has 1 heterocycles. The molecular formula is C11H20N4O2. The van der Waals surface area contributed by atoms with E-state index in [2.05, 4.69) is 9.97 Å². The van der Waals surface area contributed by atoms with Crippen LogP contribution in [0.25, 0.3) is 0 Å². The molecule has 0 fully saturated rings. The summed E-state index contributed by atoms with van der Waals surface area (Å²) in [5, 5.41) is 9.04. The monoisotopic (exact) mass is 240 g/mol. The van der Waals surface area contributed by atoms with Crippen molar-refractivity contribution in [2.75, 3.05) is 57.3 Å². The molecule has 0 saturated carbocycles. The second-order valence-corrected chi connectivity index (χ2v) is 3.81. The summed E-state index contributed by atoms with van der Waals surface area (Å²) >= 11 is 0. The second-order valence-electron chi connectivity index (χ2n) is 3.81. The zero-order valence-electron chi connectivity index (χ0n) is 10.6. The number of aliphatic hydroxyl groups is 1. The van der Waals surface area contributed by atoms with Gasteiger partial charge >= 0.3 is 0 Å². The van der Waals surface area contributed by atoms with Crippen molar-refractivity contribution in [3.05, 3.63) is 12.3 Å². The van der Waals surface area contributed by atoms with Gasteiger partial charge in [0.1, 0.15) is 5.82 Å². The van der Waals surface area contributed by atoms with Gasteiger partial charge in [0.05, 0.1) is 13.2 Å². The van der Waals surface area contributed by atoms with Gasteiger partial charge in [0.15, 0.2) is 0 Å². The zero-order chi connectivity index (χ0) is 12.7. The van der Waals surface area contributed by atoms with Crippen molar-refractivity contribution >= 4 is 11.8 Å².